The molecule has 1 aliphatic heterocycles. The van der Waals surface area contributed by atoms with Gasteiger partial charge < -0.3 is 10.0 Å². The SMILES string of the molecule is CS(=O)(=O)O.N#CC1(c2ccccc2)CCN(CCO)CC1. The molecule has 6 nitrogen and oxygen atoms in total. The summed E-state index contributed by atoms with van der Waals surface area (Å²) < 4.78 is 25.9. The molecule has 1 aromatic carbocycles. The molecule has 0 bridgehead atoms. The van der Waals surface area contributed by atoms with Crippen molar-refractivity contribution < 1.29 is 18.1 Å². The van der Waals surface area contributed by atoms with Crippen molar-refractivity contribution in [3.8, 4) is 6.07 Å². The van der Waals surface area contributed by atoms with Crippen LogP contribution in [0, 0.1) is 11.3 Å². The van der Waals surface area contributed by atoms with E-state index in [0.29, 0.717) is 6.26 Å². The van der Waals surface area contributed by atoms with Gasteiger partial charge in [-0.15, -0.1) is 0 Å². The number of hydrogen-bond donors (Lipinski definition) is 2. The summed E-state index contributed by atoms with van der Waals surface area (Å²) in [6.45, 7) is 2.70. The van der Waals surface area contributed by atoms with Crippen molar-refractivity contribution in [2.24, 2.45) is 0 Å². The van der Waals surface area contributed by atoms with Crippen molar-refractivity contribution in [3.05, 3.63) is 35.9 Å². The Bertz CT molecular complexity index is 580. The topological polar surface area (TPSA) is 102 Å². The number of hydrogen-bond acceptors (Lipinski definition) is 5. The predicted octanol–water partition coefficient (Wildman–Crippen LogP) is 1.04. The van der Waals surface area contributed by atoms with E-state index in [1.807, 2.05) is 30.3 Å². The molecule has 1 saturated heterocycles. The lowest BCUT2D eigenvalue weighted by atomic mass is 9.74. The van der Waals surface area contributed by atoms with E-state index in [0.717, 1.165) is 38.0 Å². The fourth-order valence-electron chi connectivity index (χ4n) is 2.52. The molecule has 1 fully saturated rings. The summed E-state index contributed by atoms with van der Waals surface area (Å²) in [6, 6.07) is 12.6. The number of aliphatic hydroxyl groups excluding tert-OH is 1. The molecule has 0 unspecified atom stereocenters. The molecular weight excluding hydrogens is 304 g/mol. The number of likely N-dealkylation sites (tertiary alicyclic amines) is 1. The van der Waals surface area contributed by atoms with Gasteiger partial charge in [0.15, 0.2) is 0 Å². The smallest absolute Gasteiger partial charge is 0.261 e. The Morgan fingerprint density at radius 1 is 1.27 bits per heavy atom. The van der Waals surface area contributed by atoms with E-state index in [9.17, 15) is 13.7 Å². The number of β-amino-alcohol motifs (C(OH)–C–C–N with tert-alkyl or cyclic N) is 1. The number of nitriles is 1. The van der Waals surface area contributed by atoms with E-state index in [2.05, 4.69) is 11.0 Å². The van der Waals surface area contributed by atoms with Crippen LogP contribution in [0.5, 0.6) is 0 Å². The second-order valence-electron chi connectivity index (χ2n) is 5.36. The summed E-state index contributed by atoms with van der Waals surface area (Å²) in [5.74, 6) is 0. The molecule has 2 rings (SSSR count). The minimum atomic E-state index is -3.67. The summed E-state index contributed by atoms with van der Waals surface area (Å²) in [7, 11) is -3.67. The molecular formula is C15H22N2O4S. The highest BCUT2D eigenvalue weighted by molar-refractivity contribution is 7.85. The zero-order chi connectivity index (χ0) is 16.6. The zero-order valence-corrected chi connectivity index (χ0v) is 13.5. The lowest BCUT2D eigenvalue weighted by molar-refractivity contribution is 0.149. The van der Waals surface area contributed by atoms with Crippen LogP contribution in [0.1, 0.15) is 18.4 Å². The van der Waals surface area contributed by atoms with Gasteiger partial charge in [-0.25, -0.2) is 0 Å². The van der Waals surface area contributed by atoms with Gasteiger partial charge in [-0.1, -0.05) is 30.3 Å². The van der Waals surface area contributed by atoms with Crippen molar-refractivity contribution in [1.82, 2.24) is 4.90 Å². The van der Waals surface area contributed by atoms with Gasteiger partial charge in [0.05, 0.1) is 24.3 Å². The molecule has 2 N–H and O–H groups in total. The molecule has 0 saturated carbocycles. The Morgan fingerprint density at radius 3 is 2.18 bits per heavy atom. The lowest BCUT2D eigenvalue weighted by Crippen LogP contribution is -2.42. The van der Waals surface area contributed by atoms with E-state index >= 15 is 0 Å². The van der Waals surface area contributed by atoms with Crippen LogP contribution in [0.2, 0.25) is 0 Å². The van der Waals surface area contributed by atoms with Crippen LogP contribution in [-0.2, 0) is 15.5 Å². The van der Waals surface area contributed by atoms with Crippen molar-refractivity contribution in [1.29, 1.82) is 5.26 Å². The minimum absolute atomic E-state index is 0.199. The second kappa shape index (κ2) is 8.25. The molecule has 0 aliphatic carbocycles. The van der Waals surface area contributed by atoms with Crippen LogP contribution in [0.3, 0.4) is 0 Å². The van der Waals surface area contributed by atoms with Gasteiger partial charge in [-0.05, 0) is 18.4 Å². The first-order valence-corrected chi connectivity index (χ1v) is 8.88. The van der Waals surface area contributed by atoms with Crippen molar-refractivity contribution in [2.75, 3.05) is 32.5 Å². The molecule has 1 heterocycles. The van der Waals surface area contributed by atoms with Gasteiger partial charge in [-0.2, -0.15) is 13.7 Å². The second-order valence-corrected chi connectivity index (χ2v) is 6.82. The number of rotatable bonds is 3. The Balaban J connectivity index is 0.000000422. The highest BCUT2D eigenvalue weighted by Crippen LogP contribution is 2.34. The first-order valence-electron chi connectivity index (χ1n) is 7.03. The maximum absolute atomic E-state index is 9.49. The lowest BCUT2D eigenvalue weighted by Gasteiger charge is -2.37. The van der Waals surface area contributed by atoms with Crippen molar-refractivity contribution in [2.45, 2.75) is 18.3 Å². The molecule has 1 aliphatic rings. The first-order chi connectivity index (χ1) is 10.3. The maximum Gasteiger partial charge on any atom is 0.261 e. The Hall–Kier alpha value is -1.46. The molecule has 0 spiro atoms. The number of nitrogens with zero attached hydrogens (tertiary/aromatic N) is 2. The minimum Gasteiger partial charge on any atom is -0.395 e. The normalized spacial score (nSPS) is 17.9. The van der Waals surface area contributed by atoms with Crippen LogP contribution >= 0.6 is 0 Å². The van der Waals surface area contributed by atoms with E-state index in [4.69, 9.17) is 9.66 Å². The summed E-state index contributed by atoms with van der Waals surface area (Å²) in [5, 5.41) is 18.4. The number of piperidine rings is 1. The van der Waals surface area contributed by atoms with Gasteiger partial charge >= 0.3 is 0 Å². The molecule has 0 amide bonds. The monoisotopic (exact) mass is 326 g/mol. The molecule has 0 radical (unpaired) electrons. The Kier molecular flexibility index (Phi) is 6.97. The van der Waals surface area contributed by atoms with Gasteiger partial charge in [0, 0.05) is 19.6 Å². The average molecular weight is 326 g/mol. The Labute approximate surface area is 131 Å². The highest BCUT2D eigenvalue weighted by Gasteiger charge is 2.35. The molecule has 0 aromatic heterocycles. The largest absolute Gasteiger partial charge is 0.395 e. The molecule has 22 heavy (non-hydrogen) atoms. The maximum atomic E-state index is 9.49. The number of benzene rings is 1. The van der Waals surface area contributed by atoms with Crippen LogP contribution in [-0.4, -0.2) is 55.5 Å². The quantitative estimate of drug-likeness (QED) is 0.805. The van der Waals surface area contributed by atoms with Crippen molar-refractivity contribution >= 4 is 10.1 Å². The molecule has 0 atom stereocenters. The Morgan fingerprint density at radius 2 is 1.77 bits per heavy atom. The fourth-order valence-corrected chi connectivity index (χ4v) is 2.52. The standard InChI is InChI=1S/C14H18N2O.CH4O3S/c15-12-14(13-4-2-1-3-5-13)6-8-16(9-7-14)10-11-17;1-5(2,3)4/h1-5,17H,6-11H2;1H3,(H,2,3,4). The van der Waals surface area contributed by atoms with E-state index < -0.39 is 10.1 Å². The summed E-state index contributed by atoms with van der Waals surface area (Å²) in [5.41, 5.74) is 0.805. The zero-order valence-electron chi connectivity index (χ0n) is 12.6. The molecule has 7 heteroatoms. The molecule has 1 aromatic rings. The van der Waals surface area contributed by atoms with E-state index in [-0.39, 0.29) is 12.0 Å². The fraction of sp³-hybridized carbons (Fsp3) is 0.533. The van der Waals surface area contributed by atoms with Gasteiger partial charge in [0.1, 0.15) is 0 Å². The highest BCUT2D eigenvalue weighted by atomic mass is 32.2. The van der Waals surface area contributed by atoms with Crippen molar-refractivity contribution in [3.63, 3.8) is 0 Å². The van der Waals surface area contributed by atoms with Crippen LogP contribution < -0.4 is 0 Å². The van der Waals surface area contributed by atoms with Crippen LogP contribution in [0.15, 0.2) is 30.3 Å². The van der Waals surface area contributed by atoms with Gasteiger partial charge in [0.25, 0.3) is 10.1 Å². The van der Waals surface area contributed by atoms with E-state index in [1.165, 1.54) is 0 Å². The summed E-state index contributed by atoms with van der Waals surface area (Å²) in [4.78, 5) is 2.22. The molecule has 122 valence electrons. The third kappa shape index (κ3) is 6.12. The summed E-state index contributed by atoms with van der Waals surface area (Å²) >= 11 is 0. The van der Waals surface area contributed by atoms with Gasteiger partial charge in [0.2, 0.25) is 0 Å². The number of aliphatic hydroxyl groups is 1. The summed E-state index contributed by atoms with van der Waals surface area (Å²) in [6.07, 6.45) is 2.42. The van der Waals surface area contributed by atoms with E-state index in [1.54, 1.807) is 0 Å². The van der Waals surface area contributed by atoms with Gasteiger partial charge in [-0.3, -0.25) is 4.55 Å². The van der Waals surface area contributed by atoms with Crippen LogP contribution in [0.4, 0.5) is 0 Å². The predicted molar refractivity (Wildman–Crippen MR) is 84.0 cm³/mol. The first kappa shape index (κ1) is 18.6. The third-order valence-electron chi connectivity index (χ3n) is 3.67. The average Bonchev–Trinajstić information content (AvgIpc) is 2.48. The third-order valence-corrected chi connectivity index (χ3v) is 3.67. The van der Waals surface area contributed by atoms with Crippen LogP contribution in [0.25, 0.3) is 0 Å².